The zero-order chi connectivity index (χ0) is 18.1. The Morgan fingerprint density at radius 2 is 1.74 bits per heavy atom. The van der Waals surface area contributed by atoms with Gasteiger partial charge in [0.05, 0.1) is 17.6 Å². The molecule has 1 aromatic heterocycles. The van der Waals surface area contributed by atoms with Crippen LogP contribution in [0.1, 0.15) is 30.0 Å². The van der Waals surface area contributed by atoms with Crippen molar-refractivity contribution in [2.45, 2.75) is 18.8 Å². The van der Waals surface area contributed by atoms with E-state index >= 15 is 0 Å². The standard InChI is InChI=1S/C19H17N3O3S.BrH/c23-16-9-8-13(17(24)18(16)25)10-20-22-15(12-6-7-12)11-26-19(22)21-14-4-2-1-3-5-14;/h1-5,8-12,23-25H,6-7H2;1H/b20-10+,21-19?;. The molecule has 0 radical (unpaired) electrons. The minimum absolute atomic E-state index is 0. The van der Waals surface area contributed by atoms with Gasteiger partial charge in [-0.25, -0.2) is 9.67 Å². The number of hydrogen-bond donors (Lipinski definition) is 3. The van der Waals surface area contributed by atoms with Crippen molar-refractivity contribution in [3.63, 3.8) is 0 Å². The van der Waals surface area contributed by atoms with E-state index in [0.29, 0.717) is 11.5 Å². The van der Waals surface area contributed by atoms with Gasteiger partial charge in [0.1, 0.15) is 0 Å². The molecule has 0 unspecified atom stereocenters. The summed E-state index contributed by atoms with van der Waals surface area (Å²) in [4.78, 5) is 5.39. The van der Waals surface area contributed by atoms with E-state index in [1.165, 1.54) is 29.7 Å². The van der Waals surface area contributed by atoms with E-state index in [1.807, 2.05) is 30.3 Å². The maximum Gasteiger partial charge on any atom is 0.211 e. The number of aromatic hydroxyl groups is 3. The van der Waals surface area contributed by atoms with Crippen molar-refractivity contribution >= 4 is 40.2 Å². The Morgan fingerprint density at radius 1 is 1.00 bits per heavy atom. The molecule has 1 aliphatic rings. The van der Waals surface area contributed by atoms with Crippen molar-refractivity contribution in [1.29, 1.82) is 0 Å². The van der Waals surface area contributed by atoms with E-state index in [-0.39, 0.29) is 22.7 Å². The molecule has 0 spiro atoms. The van der Waals surface area contributed by atoms with Gasteiger partial charge < -0.3 is 15.3 Å². The van der Waals surface area contributed by atoms with Gasteiger partial charge in [-0.15, -0.1) is 28.3 Å². The lowest BCUT2D eigenvalue weighted by molar-refractivity contribution is 0.367. The smallest absolute Gasteiger partial charge is 0.211 e. The fraction of sp³-hybridized carbons (Fsp3) is 0.158. The average Bonchev–Trinajstić information content (AvgIpc) is 3.42. The first-order chi connectivity index (χ1) is 12.6. The summed E-state index contributed by atoms with van der Waals surface area (Å²) in [6.07, 6.45) is 3.71. The molecule has 0 aliphatic heterocycles. The van der Waals surface area contributed by atoms with Crippen LogP contribution in [0.2, 0.25) is 0 Å². The summed E-state index contributed by atoms with van der Waals surface area (Å²) in [5, 5.41) is 35.6. The molecule has 1 heterocycles. The zero-order valence-electron chi connectivity index (χ0n) is 14.2. The van der Waals surface area contributed by atoms with Gasteiger partial charge in [0, 0.05) is 16.9 Å². The molecule has 0 atom stereocenters. The van der Waals surface area contributed by atoms with Gasteiger partial charge in [-0.2, -0.15) is 5.10 Å². The molecule has 2 aromatic carbocycles. The lowest BCUT2D eigenvalue weighted by Gasteiger charge is -2.04. The third kappa shape index (κ3) is 4.06. The molecule has 0 bridgehead atoms. The molecule has 0 saturated heterocycles. The van der Waals surface area contributed by atoms with Crippen LogP contribution in [0.4, 0.5) is 5.69 Å². The molecule has 3 aromatic rings. The highest BCUT2D eigenvalue weighted by atomic mass is 79.9. The van der Waals surface area contributed by atoms with Crippen LogP contribution in [0.25, 0.3) is 0 Å². The fourth-order valence-electron chi connectivity index (χ4n) is 2.58. The largest absolute Gasteiger partial charge is 0.504 e. The number of phenolic OH excluding ortho intramolecular Hbond substituents is 3. The van der Waals surface area contributed by atoms with E-state index in [1.54, 1.807) is 4.68 Å². The van der Waals surface area contributed by atoms with E-state index in [4.69, 9.17) is 0 Å². The van der Waals surface area contributed by atoms with Crippen LogP contribution in [0.15, 0.2) is 57.9 Å². The molecule has 1 fully saturated rings. The van der Waals surface area contributed by atoms with E-state index < -0.39 is 11.5 Å². The molecule has 0 amide bonds. The normalized spacial score (nSPS) is 14.4. The number of hydrogen-bond acceptors (Lipinski definition) is 6. The zero-order valence-corrected chi connectivity index (χ0v) is 16.7. The molecule has 4 rings (SSSR count). The van der Waals surface area contributed by atoms with Crippen molar-refractivity contribution < 1.29 is 15.3 Å². The van der Waals surface area contributed by atoms with Gasteiger partial charge in [-0.3, -0.25) is 0 Å². The number of thiazole rings is 1. The number of halogens is 1. The number of benzene rings is 2. The summed E-state index contributed by atoms with van der Waals surface area (Å²) in [7, 11) is 0. The minimum atomic E-state index is -0.555. The Bertz CT molecular complexity index is 1040. The monoisotopic (exact) mass is 447 g/mol. The molecule has 1 saturated carbocycles. The highest BCUT2D eigenvalue weighted by molar-refractivity contribution is 8.93. The molecule has 140 valence electrons. The maximum atomic E-state index is 9.97. The maximum absolute atomic E-state index is 9.97. The predicted molar refractivity (Wildman–Crippen MR) is 111 cm³/mol. The summed E-state index contributed by atoms with van der Waals surface area (Å²) < 4.78 is 1.78. The summed E-state index contributed by atoms with van der Waals surface area (Å²) in [5.41, 5.74) is 2.24. The van der Waals surface area contributed by atoms with Gasteiger partial charge in [0.2, 0.25) is 10.6 Å². The number of para-hydroxylation sites is 1. The van der Waals surface area contributed by atoms with E-state index in [2.05, 4.69) is 15.5 Å². The lowest BCUT2D eigenvalue weighted by Crippen LogP contribution is -2.12. The van der Waals surface area contributed by atoms with Gasteiger partial charge >= 0.3 is 0 Å². The lowest BCUT2D eigenvalue weighted by atomic mass is 10.2. The van der Waals surface area contributed by atoms with Crippen molar-refractivity contribution in [2.24, 2.45) is 10.1 Å². The van der Waals surface area contributed by atoms with Gasteiger partial charge in [-0.1, -0.05) is 18.2 Å². The van der Waals surface area contributed by atoms with Crippen LogP contribution in [0, 0.1) is 0 Å². The molecular formula is C19H18BrN3O3S. The van der Waals surface area contributed by atoms with Crippen LogP contribution in [-0.2, 0) is 0 Å². The second-order valence-corrected chi connectivity index (χ2v) is 6.93. The van der Waals surface area contributed by atoms with E-state index in [9.17, 15) is 15.3 Å². The third-order valence-electron chi connectivity index (χ3n) is 4.16. The fourth-order valence-corrected chi connectivity index (χ4v) is 3.51. The molecule has 8 heteroatoms. The Balaban J connectivity index is 0.00000210. The van der Waals surface area contributed by atoms with Gasteiger partial charge in [0.15, 0.2) is 11.5 Å². The summed E-state index contributed by atoms with van der Waals surface area (Å²) in [6.45, 7) is 0. The highest BCUT2D eigenvalue weighted by Crippen LogP contribution is 2.40. The molecule has 3 N–H and O–H groups in total. The first-order valence-electron chi connectivity index (χ1n) is 8.22. The second-order valence-electron chi connectivity index (χ2n) is 6.09. The van der Waals surface area contributed by atoms with Crippen LogP contribution >= 0.6 is 28.3 Å². The summed E-state index contributed by atoms with van der Waals surface area (Å²) in [5.74, 6) is -0.855. The van der Waals surface area contributed by atoms with Crippen LogP contribution in [-0.4, -0.2) is 26.2 Å². The quantitative estimate of drug-likeness (QED) is 0.412. The van der Waals surface area contributed by atoms with Crippen LogP contribution in [0.3, 0.4) is 0 Å². The van der Waals surface area contributed by atoms with Gasteiger partial charge in [-0.05, 0) is 37.1 Å². The van der Waals surface area contributed by atoms with E-state index in [0.717, 1.165) is 29.0 Å². The van der Waals surface area contributed by atoms with Crippen molar-refractivity contribution in [2.75, 3.05) is 0 Å². The van der Waals surface area contributed by atoms with Crippen molar-refractivity contribution in [3.8, 4) is 17.2 Å². The average molecular weight is 448 g/mol. The molecular weight excluding hydrogens is 430 g/mol. The second kappa shape index (κ2) is 7.98. The molecule has 27 heavy (non-hydrogen) atoms. The van der Waals surface area contributed by atoms with Crippen molar-refractivity contribution in [1.82, 2.24) is 4.68 Å². The Hall–Kier alpha value is -2.58. The number of rotatable bonds is 4. The van der Waals surface area contributed by atoms with Crippen molar-refractivity contribution in [3.05, 3.63) is 63.9 Å². The molecule has 1 aliphatic carbocycles. The highest BCUT2D eigenvalue weighted by Gasteiger charge is 2.27. The number of aromatic nitrogens is 1. The minimum Gasteiger partial charge on any atom is -0.504 e. The third-order valence-corrected chi connectivity index (χ3v) is 5.00. The first-order valence-corrected chi connectivity index (χ1v) is 9.10. The summed E-state index contributed by atoms with van der Waals surface area (Å²) in [6, 6.07) is 12.5. The topological polar surface area (TPSA) is 90.3 Å². The first kappa shape index (κ1) is 19.2. The Kier molecular flexibility index (Phi) is 5.67. The van der Waals surface area contributed by atoms with Crippen LogP contribution in [0.5, 0.6) is 17.2 Å². The Morgan fingerprint density at radius 3 is 2.44 bits per heavy atom. The summed E-state index contributed by atoms with van der Waals surface area (Å²) >= 11 is 1.51. The Labute approximate surface area is 170 Å². The predicted octanol–water partition coefficient (Wildman–Crippen LogP) is 4.24. The molecule has 6 nitrogen and oxygen atoms in total. The van der Waals surface area contributed by atoms with Crippen LogP contribution < -0.4 is 4.80 Å². The SMILES string of the molecule is Br.Oc1ccc(/C=N/n2c(C3CC3)csc2=Nc2ccccc2)c(O)c1O. The number of phenols is 3. The number of nitrogens with zero attached hydrogens (tertiary/aromatic N) is 3. The van der Waals surface area contributed by atoms with Gasteiger partial charge in [0.25, 0.3) is 0 Å².